The van der Waals surface area contributed by atoms with Crippen LogP contribution < -0.4 is 15.2 Å². The lowest BCUT2D eigenvalue weighted by Gasteiger charge is -2.07. The largest absolute Gasteiger partial charge is 0.393 e. The monoisotopic (exact) mass is 269 g/mol. The number of nitrogens with two attached hydrogens (primary N) is 1. The Morgan fingerprint density at radius 3 is 2.50 bits per heavy atom. The Balaban J connectivity index is 3.54. The number of unbranched alkanes of at least 4 members (excludes halogenated alkanes) is 1. The molecule has 0 aliphatic heterocycles. The van der Waals surface area contributed by atoms with Crippen LogP contribution in [-0.2, 0) is 14.9 Å². The number of rotatable bonds is 10. The summed E-state index contributed by atoms with van der Waals surface area (Å²) in [6.45, 7) is 0.992. The minimum Gasteiger partial charge on any atom is -0.393 e. The number of nitrogens with one attached hydrogen (secondary N) is 2. The first-order chi connectivity index (χ1) is 7.48. The molecule has 8 heteroatoms. The van der Waals surface area contributed by atoms with E-state index in [2.05, 4.69) is 9.44 Å². The Morgan fingerprint density at radius 1 is 1.31 bits per heavy atom. The zero-order chi connectivity index (χ0) is 12.4. The molecule has 0 radical (unpaired) electrons. The topological polar surface area (TPSA) is 93.4 Å². The van der Waals surface area contributed by atoms with Gasteiger partial charge >= 0.3 is 0 Å². The van der Waals surface area contributed by atoms with E-state index < -0.39 is 10.2 Å². The van der Waals surface area contributed by atoms with Crippen LogP contribution in [-0.4, -0.2) is 40.2 Å². The minimum atomic E-state index is -3.40. The van der Waals surface area contributed by atoms with Crippen molar-refractivity contribution in [1.29, 1.82) is 0 Å². The second-order valence-corrected chi connectivity index (χ2v) is 5.32. The van der Waals surface area contributed by atoms with Crippen molar-refractivity contribution in [3.05, 3.63) is 0 Å². The summed E-state index contributed by atoms with van der Waals surface area (Å²) in [5, 5.41) is 0. The van der Waals surface area contributed by atoms with Crippen molar-refractivity contribution in [3.63, 3.8) is 0 Å². The zero-order valence-corrected chi connectivity index (χ0v) is 11.0. The van der Waals surface area contributed by atoms with Crippen LogP contribution >= 0.6 is 12.2 Å². The fraction of sp³-hybridized carbons (Fsp3) is 0.875. The summed E-state index contributed by atoms with van der Waals surface area (Å²) in [6, 6.07) is 0. The average Bonchev–Trinajstić information content (AvgIpc) is 2.16. The van der Waals surface area contributed by atoms with Gasteiger partial charge in [0.25, 0.3) is 10.2 Å². The lowest BCUT2D eigenvalue weighted by atomic mass is 10.2. The SMILES string of the molecule is COCCNS(=O)(=O)NCCCCC(N)=S. The molecule has 4 N–H and O–H groups in total. The lowest BCUT2D eigenvalue weighted by molar-refractivity contribution is 0.204. The van der Waals surface area contributed by atoms with E-state index in [1.807, 2.05) is 0 Å². The first-order valence-electron chi connectivity index (χ1n) is 4.99. The molecule has 0 unspecified atom stereocenters. The molecule has 16 heavy (non-hydrogen) atoms. The first-order valence-corrected chi connectivity index (χ1v) is 6.88. The fourth-order valence-corrected chi connectivity index (χ4v) is 1.97. The number of methoxy groups -OCH3 is 1. The van der Waals surface area contributed by atoms with Gasteiger partial charge in [0.15, 0.2) is 0 Å². The molecule has 0 aromatic rings. The molecule has 96 valence electrons. The Morgan fingerprint density at radius 2 is 1.94 bits per heavy atom. The zero-order valence-electron chi connectivity index (χ0n) is 9.36. The summed E-state index contributed by atoms with van der Waals surface area (Å²) in [7, 11) is -1.89. The van der Waals surface area contributed by atoms with Crippen LogP contribution in [0.15, 0.2) is 0 Å². The molecule has 0 fully saturated rings. The number of hydrogen-bond donors (Lipinski definition) is 3. The van der Waals surface area contributed by atoms with Gasteiger partial charge in [0.05, 0.1) is 11.6 Å². The predicted octanol–water partition coefficient (Wildman–Crippen LogP) is -0.487. The summed E-state index contributed by atoms with van der Waals surface area (Å²) in [6.07, 6.45) is 2.15. The molecule has 0 spiro atoms. The van der Waals surface area contributed by atoms with Gasteiger partial charge in [-0.15, -0.1) is 0 Å². The van der Waals surface area contributed by atoms with E-state index in [0.29, 0.717) is 31.0 Å². The van der Waals surface area contributed by atoms with Crippen molar-refractivity contribution in [3.8, 4) is 0 Å². The second kappa shape index (κ2) is 8.82. The van der Waals surface area contributed by atoms with E-state index in [9.17, 15) is 8.42 Å². The third kappa shape index (κ3) is 10.2. The van der Waals surface area contributed by atoms with Gasteiger partial charge in [0.2, 0.25) is 0 Å². The van der Waals surface area contributed by atoms with E-state index in [0.717, 1.165) is 6.42 Å². The smallest absolute Gasteiger partial charge is 0.276 e. The Kier molecular flexibility index (Phi) is 8.67. The van der Waals surface area contributed by atoms with Gasteiger partial charge < -0.3 is 10.5 Å². The van der Waals surface area contributed by atoms with Gasteiger partial charge in [-0.2, -0.15) is 13.1 Å². The number of hydrogen-bond acceptors (Lipinski definition) is 4. The van der Waals surface area contributed by atoms with Crippen molar-refractivity contribution < 1.29 is 13.2 Å². The Labute approximate surface area is 102 Å². The summed E-state index contributed by atoms with van der Waals surface area (Å²) in [4.78, 5) is 0.459. The maximum atomic E-state index is 11.3. The third-order valence-corrected chi connectivity index (χ3v) is 3.11. The molecule has 0 aromatic carbocycles. The molecular weight excluding hydrogens is 250 g/mol. The molecule has 0 saturated carbocycles. The minimum absolute atomic E-state index is 0.263. The molecule has 0 saturated heterocycles. The van der Waals surface area contributed by atoms with E-state index in [4.69, 9.17) is 22.7 Å². The van der Waals surface area contributed by atoms with Gasteiger partial charge in [-0.05, 0) is 19.3 Å². The van der Waals surface area contributed by atoms with Crippen LogP contribution in [0.4, 0.5) is 0 Å². The average molecular weight is 269 g/mol. The molecule has 6 nitrogen and oxygen atoms in total. The number of thiocarbonyl (C=S) groups is 1. The first kappa shape index (κ1) is 15.7. The van der Waals surface area contributed by atoms with Crippen molar-refractivity contribution in [1.82, 2.24) is 9.44 Å². The highest BCUT2D eigenvalue weighted by atomic mass is 32.2. The van der Waals surface area contributed by atoms with E-state index in [1.165, 1.54) is 7.11 Å². The van der Waals surface area contributed by atoms with Crippen LogP contribution in [0.5, 0.6) is 0 Å². The maximum absolute atomic E-state index is 11.3. The molecule has 0 bridgehead atoms. The molecular formula is C8H19N3O3S2. The molecule has 0 aromatic heterocycles. The molecule has 0 heterocycles. The normalized spacial score (nSPS) is 11.6. The highest BCUT2D eigenvalue weighted by Gasteiger charge is 2.06. The van der Waals surface area contributed by atoms with Crippen LogP contribution in [0.2, 0.25) is 0 Å². The molecule has 0 aliphatic carbocycles. The number of ether oxygens (including phenoxy) is 1. The van der Waals surface area contributed by atoms with Gasteiger partial charge in [-0.3, -0.25) is 0 Å². The summed E-state index contributed by atoms with van der Waals surface area (Å²) >= 11 is 4.70. The van der Waals surface area contributed by atoms with Gasteiger partial charge in [0, 0.05) is 20.2 Å². The molecule has 0 aliphatic rings. The summed E-state index contributed by atoms with van der Waals surface area (Å²) in [5.41, 5.74) is 5.31. The standard InChI is InChI=1S/C8H19N3O3S2/c1-14-7-6-11-16(12,13)10-5-3-2-4-8(9)15/h10-11H,2-7H2,1H3,(H2,9,15). The third-order valence-electron chi connectivity index (χ3n) is 1.74. The lowest BCUT2D eigenvalue weighted by Crippen LogP contribution is -2.38. The highest BCUT2D eigenvalue weighted by molar-refractivity contribution is 7.87. The molecule has 0 amide bonds. The van der Waals surface area contributed by atoms with Crippen LogP contribution in [0, 0.1) is 0 Å². The van der Waals surface area contributed by atoms with E-state index >= 15 is 0 Å². The van der Waals surface area contributed by atoms with Gasteiger partial charge in [0.1, 0.15) is 0 Å². The van der Waals surface area contributed by atoms with Crippen molar-refractivity contribution in [2.24, 2.45) is 5.73 Å². The Hall–Kier alpha value is -0.280. The van der Waals surface area contributed by atoms with Crippen LogP contribution in [0.25, 0.3) is 0 Å². The molecule has 0 atom stereocenters. The predicted molar refractivity (Wildman–Crippen MR) is 67.4 cm³/mol. The van der Waals surface area contributed by atoms with Gasteiger partial charge in [-0.25, -0.2) is 4.72 Å². The summed E-state index contributed by atoms with van der Waals surface area (Å²) in [5.74, 6) is 0. The van der Waals surface area contributed by atoms with E-state index in [-0.39, 0.29) is 6.54 Å². The van der Waals surface area contributed by atoms with Crippen LogP contribution in [0.1, 0.15) is 19.3 Å². The fourth-order valence-electron chi connectivity index (χ4n) is 0.960. The van der Waals surface area contributed by atoms with Crippen molar-refractivity contribution in [2.75, 3.05) is 26.8 Å². The summed E-state index contributed by atoms with van der Waals surface area (Å²) < 4.78 is 32.0. The van der Waals surface area contributed by atoms with Crippen molar-refractivity contribution >= 4 is 27.4 Å². The van der Waals surface area contributed by atoms with E-state index in [1.54, 1.807) is 0 Å². The quantitative estimate of drug-likeness (QED) is 0.368. The molecule has 0 rings (SSSR count). The second-order valence-electron chi connectivity index (χ2n) is 3.21. The maximum Gasteiger partial charge on any atom is 0.276 e. The Bertz CT molecular complexity index is 293. The van der Waals surface area contributed by atoms with Gasteiger partial charge in [-0.1, -0.05) is 12.2 Å². The van der Waals surface area contributed by atoms with Crippen LogP contribution in [0.3, 0.4) is 0 Å². The highest BCUT2D eigenvalue weighted by Crippen LogP contribution is 1.94. The van der Waals surface area contributed by atoms with Crippen molar-refractivity contribution in [2.45, 2.75) is 19.3 Å².